The molecule has 1 saturated heterocycles. The number of hydrogen-bond acceptors (Lipinski definition) is 4. The van der Waals surface area contributed by atoms with Gasteiger partial charge in [-0.3, -0.25) is 9.69 Å². The zero-order valence-electron chi connectivity index (χ0n) is 17.1. The van der Waals surface area contributed by atoms with E-state index in [-0.39, 0.29) is 12.0 Å². The minimum absolute atomic E-state index is 0.129. The predicted octanol–water partition coefficient (Wildman–Crippen LogP) is 7.13. The fraction of sp³-hybridized carbons (Fsp3) is 0.120. The predicted molar refractivity (Wildman–Crippen MR) is 133 cm³/mol. The molecule has 160 valence electrons. The van der Waals surface area contributed by atoms with Crippen LogP contribution in [-0.2, 0) is 11.2 Å². The highest BCUT2D eigenvalue weighted by atomic mass is 35.5. The number of ether oxygens (including phenoxy) is 1. The van der Waals surface area contributed by atoms with Gasteiger partial charge in [-0.2, -0.15) is 0 Å². The van der Waals surface area contributed by atoms with E-state index in [4.69, 9.17) is 32.9 Å². The van der Waals surface area contributed by atoms with E-state index in [1.54, 1.807) is 29.2 Å². The number of carbonyl (C=O) groups excluding carboxylic acids is 1. The molecule has 2 aliphatic heterocycles. The van der Waals surface area contributed by atoms with Gasteiger partial charge in [0.2, 0.25) is 0 Å². The molecule has 7 heteroatoms. The number of amides is 1. The van der Waals surface area contributed by atoms with Gasteiger partial charge < -0.3 is 4.74 Å². The highest BCUT2D eigenvalue weighted by Gasteiger charge is 2.35. The first-order valence-corrected chi connectivity index (χ1v) is 11.7. The van der Waals surface area contributed by atoms with Gasteiger partial charge in [0.15, 0.2) is 5.17 Å². The van der Waals surface area contributed by atoms with Crippen molar-refractivity contribution < 1.29 is 9.53 Å². The van der Waals surface area contributed by atoms with Gasteiger partial charge in [0.1, 0.15) is 11.9 Å². The summed E-state index contributed by atoms with van der Waals surface area (Å²) in [7, 11) is 0. The highest BCUT2D eigenvalue weighted by molar-refractivity contribution is 8.19. The van der Waals surface area contributed by atoms with Crippen molar-refractivity contribution in [2.24, 2.45) is 4.99 Å². The number of halogens is 2. The molecule has 0 spiro atoms. The van der Waals surface area contributed by atoms with E-state index in [0.717, 1.165) is 23.3 Å². The minimum atomic E-state index is -0.129. The second-order valence-corrected chi connectivity index (χ2v) is 9.48. The summed E-state index contributed by atoms with van der Waals surface area (Å²) in [6.45, 7) is 2.05. The Morgan fingerprint density at radius 1 is 1.03 bits per heavy atom. The van der Waals surface area contributed by atoms with Crippen molar-refractivity contribution in [3.63, 3.8) is 0 Å². The lowest BCUT2D eigenvalue weighted by Crippen LogP contribution is -2.28. The van der Waals surface area contributed by atoms with Crippen molar-refractivity contribution in [2.75, 3.05) is 4.90 Å². The molecule has 2 heterocycles. The summed E-state index contributed by atoms with van der Waals surface area (Å²) in [4.78, 5) is 20.3. The van der Waals surface area contributed by atoms with Crippen LogP contribution >= 0.6 is 35.0 Å². The zero-order chi connectivity index (χ0) is 22.2. The van der Waals surface area contributed by atoms with Gasteiger partial charge in [0.25, 0.3) is 5.91 Å². The van der Waals surface area contributed by atoms with E-state index >= 15 is 0 Å². The van der Waals surface area contributed by atoms with Crippen LogP contribution < -0.4 is 9.64 Å². The zero-order valence-corrected chi connectivity index (χ0v) is 19.4. The van der Waals surface area contributed by atoms with E-state index < -0.39 is 0 Å². The molecule has 2 aliphatic rings. The van der Waals surface area contributed by atoms with E-state index in [1.165, 1.54) is 11.8 Å². The Balaban J connectivity index is 1.53. The molecule has 3 aromatic rings. The van der Waals surface area contributed by atoms with Crippen LogP contribution in [0.15, 0.2) is 76.6 Å². The molecule has 0 unspecified atom stereocenters. The summed E-state index contributed by atoms with van der Waals surface area (Å²) in [6.07, 6.45) is 2.95. The minimum Gasteiger partial charge on any atom is -0.490 e. The number of aliphatic imine (C=N–C) groups is 1. The standard InChI is InChI=1S/C25H18Cl2N2O2S/c1-15-12-17-13-16(2-11-22(17)31-15)14-23-24(30)29(21-9-5-19(27)6-10-21)25(32-23)28-20-7-3-18(26)4-8-20/h2-11,13-15H,12H2,1H3/b23-14+,28-25?/t15-/m0/s1. The maximum atomic E-state index is 13.4. The summed E-state index contributed by atoms with van der Waals surface area (Å²) in [5.74, 6) is 0.785. The van der Waals surface area contributed by atoms with Gasteiger partial charge in [-0.25, -0.2) is 4.99 Å². The first-order valence-electron chi connectivity index (χ1n) is 10.1. The Morgan fingerprint density at radius 3 is 2.44 bits per heavy atom. The molecule has 1 atom stereocenters. The first kappa shape index (κ1) is 21.1. The molecule has 32 heavy (non-hydrogen) atoms. The third kappa shape index (κ3) is 4.29. The lowest BCUT2D eigenvalue weighted by atomic mass is 10.1. The molecule has 0 N–H and O–H groups in total. The third-order valence-electron chi connectivity index (χ3n) is 5.16. The van der Waals surface area contributed by atoms with Crippen LogP contribution in [0.25, 0.3) is 6.08 Å². The Labute approximate surface area is 200 Å². The van der Waals surface area contributed by atoms with E-state index in [9.17, 15) is 4.79 Å². The Morgan fingerprint density at radius 2 is 1.72 bits per heavy atom. The Kier molecular flexibility index (Phi) is 5.72. The number of hydrogen-bond donors (Lipinski definition) is 0. The lowest BCUT2D eigenvalue weighted by Gasteiger charge is -2.15. The van der Waals surface area contributed by atoms with Crippen LogP contribution in [0, 0.1) is 0 Å². The fourth-order valence-electron chi connectivity index (χ4n) is 3.68. The van der Waals surface area contributed by atoms with Crippen LogP contribution in [0.2, 0.25) is 10.0 Å². The number of amidine groups is 1. The van der Waals surface area contributed by atoms with Crippen LogP contribution in [0.5, 0.6) is 5.75 Å². The third-order valence-corrected chi connectivity index (χ3v) is 6.63. The van der Waals surface area contributed by atoms with Crippen molar-refractivity contribution in [3.8, 4) is 5.75 Å². The number of nitrogens with zero attached hydrogens (tertiary/aromatic N) is 2. The topological polar surface area (TPSA) is 41.9 Å². The summed E-state index contributed by atoms with van der Waals surface area (Å²) in [6, 6.07) is 20.4. The van der Waals surface area contributed by atoms with Gasteiger partial charge in [-0.05, 0) is 96.6 Å². The van der Waals surface area contributed by atoms with E-state index in [1.807, 2.05) is 42.5 Å². The molecule has 0 aliphatic carbocycles. The molecule has 4 nitrogen and oxygen atoms in total. The van der Waals surface area contributed by atoms with E-state index in [2.05, 4.69) is 13.0 Å². The van der Waals surface area contributed by atoms with Crippen LogP contribution in [-0.4, -0.2) is 17.2 Å². The number of anilines is 1. The normalized spacial score (nSPS) is 20.2. The number of fused-ring (bicyclic) bond motifs is 1. The van der Waals surface area contributed by atoms with Crippen molar-refractivity contribution in [1.29, 1.82) is 0 Å². The number of carbonyl (C=O) groups is 1. The summed E-state index contributed by atoms with van der Waals surface area (Å²) in [5, 5.41) is 1.81. The number of benzene rings is 3. The van der Waals surface area contributed by atoms with Gasteiger partial charge >= 0.3 is 0 Å². The second-order valence-electron chi connectivity index (χ2n) is 7.60. The van der Waals surface area contributed by atoms with E-state index in [0.29, 0.717) is 31.5 Å². The average Bonchev–Trinajstić information content (AvgIpc) is 3.29. The monoisotopic (exact) mass is 480 g/mol. The SMILES string of the molecule is C[C@H]1Cc2cc(/C=C3/SC(=Nc4ccc(Cl)cc4)N(c4ccc(Cl)cc4)C3=O)ccc2O1. The van der Waals surface area contributed by atoms with Gasteiger partial charge in [-0.15, -0.1) is 0 Å². The summed E-state index contributed by atoms with van der Waals surface area (Å²) >= 11 is 13.4. The molecule has 0 saturated carbocycles. The number of thioether (sulfide) groups is 1. The largest absolute Gasteiger partial charge is 0.490 e. The molecule has 3 aromatic carbocycles. The van der Waals surface area contributed by atoms with Crippen molar-refractivity contribution in [2.45, 2.75) is 19.4 Å². The molecule has 1 amide bonds. The summed E-state index contributed by atoms with van der Waals surface area (Å²) in [5.41, 5.74) is 3.54. The molecular weight excluding hydrogens is 463 g/mol. The Bertz CT molecular complexity index is 1250. The number of rotatable bonds is 3. The van der Waals surface area contributed by atoms with Crippen molar-refractivity contribution in [1.82, 2.24) is 0 Å². The molecule has 5 rings (SSSR count). The van der Waals surface area contributed by atoms with Crippen molar-refractivity contribution >= 4 is 63.5 Å². The van der Waals surface area contributed by atoms with Crippen molar-refractivity contribution in [3.05, 3.63) is 92.8 Å². The maximum Gasteiger partial charge on any atom is 0.271 e. The maximum absolute atomic E-state index is 13.4. The average molecular weight is 481 g/mol. The van der Waals surface area contributed by atoms with Gasteiger partial charge in [0.05, 0.1) is 16.3 Å². The van der Waals surface area contributed by atoms with Crippen LogP contribution in [0.1, 0.15) is 18.1 Å². The van der Waals surface area contributed by atoms with Gasteiger partial charge in [-0.1, -0.05) is 29.3 Å². The second kappa shape index (κ2) is 8.66. The molecule has 0 radical (unpaired) electrons. The molecule has 0 bridgehead atoms. The van der Waals surface area contributed by atoms with Crippen LogP contribution in [0.4, 0.5) is 11.4 Å². The quantitative estimate of drug-likeness (QED) is 0.374. The van der Waals surface area contributed by atoms with Crippen LogP contribution in [0.3, 0.4) is 0 Å². The first-order chi connectivity index (χ1) is 15.5. The summed E-state index contributed by atoms with van der Waals surface area (Å²) < 4.78 is 5.79. The highest BCUT2D eigenvalue weighted by Crippen LogP contribution is 2.38. The lowest BCUT2D eigenvalue weighted by molar-refractivity contribution is -0.113. The Hall–Kier alpha value is -2.73. The van der Waals surface area contributed by atoms with Gasteiger partial charge in [0, 0.05) is 16.5 Å². The molecule has 0 aromatic heterocycles. The fourth-order valence-corrected chi connectivity index (χ4v) is 4.93. The molecular formula is C25H18Cl2N2O2S. The smallest absolute Gasteiger partial charge is 0.271 e. The molecule has 1 fully saturated rings.